The Bertz CT molecular complexity index is 1070. The highest BCUT2D eigenvalue weighted by Crippen LogP contribution is 2.29. The molecule has 2 heterocycles. The van der Waals surface area contributed by atoms with E-state index < -0.39 is 15.8 Å². The van der Waals surface area contributed by atoms with Gasteiger partial charge in [0.15, 0.2) is 0 Å². The minimum absolute atomic E-state index is 0.0648. The van der Waals surface area contributed by atoms with Crippen LogP contribution in [0, 0.1) is 5.82 Å². The van der Waals surface area contributed by atoms with Crippen LogP contribution in [0.1, 0.15) is 28.3 Å². The lowest BCUT2D eigenvalue weighted by atomic mass is 9.97. The molecule has 1 atom stereocenters. The van der Waals surface area contributed by atoms with Crippen molar-refractivity contribution in [1.29, 1.82) is 0 Å². The molecule has 2 aromatic carbocycles. The van der Waals surface area contributed by atoms with Gasteiger partial charge in [0.05, 0.1) is 5.75 Å². The Hall–Kier alpha value is -2.06. The summed E-state index contributed by atoms with van der Waals surface area (Å²) in [6.45, 7) is 1.91. The number of thiophene rings is 1. The van der Waals surface area contributed by atoms with Crippen LogP contribution in [0.4, 0.5) is 4.39 Å². The number of hydrogen-bond donors (Lipinski definition) is 1. The van der Waals surface area contributed by atoms with Gasteiger partial charge >= 0.3 is 0 Å². The molecule has 4 nitrogen and oxygen atoms in total. The van der Waals surface area contributed by atoms with Gasteiger partial charge in [0, 0.05) is 31.2 Å². The van der Waals surface area contributed by atoms with Gasteiger partial charge in [-0.15, -0.1) is 0 Å². The number of hydrogen-bond acceptors (Lipinski definition) is 4. The maximum absolute atomic E-state index is 13.9. The number of nitrogens with one attached hydrogen (secondary N) is 1. The van der Waals surface area contributed by atoms with Gasteiger partial charge < -0.3 is 0 Å². The van der Waals surface area contributed by atoms with Crippen LogP contribution in [-0.2, 0) is 28.7 Å². The Kier molecular flexibility index (Phi) is 6.10. The van der Waals surface area contributed by atoms with E-state index in [2.05, 4.69) is 33.2 Å². The van der Waals surface area contributed by atoms with Crippen molar-refractivity contribution in [2.24, 2.45) is 0 Å². The zero-order valence-corrected chi connectivity index (χ0v) is 17.6. The normalized spacial score (nSPS) is 15.8. The third-order valence-electron chi connectivity index (χ3n) is 5.33. The summed E-state index contributed by atoms with van der Waals surface area (Å²) in [7, 11) is -3.66. The maximum Gasteiger partial charge on any atom is 0.215 e. The molecule has 0 aliphatic carbocycles. The van der Waals surface area contributed by atoms with E-state index >= 15 is 0 Å². The first-order valence-electron chi connectivity index (χ1n) is 9.55. The minimum Gasteiger partial charge on any atom is -0.290 e. The zero-order chi connectivity index (χ0) is 20.3. The Morgan fingerprint density at radius 3 is 2.59 bits per heavy atom. The fourth-order valence-corrected chi connectivity index (χ4v) is 5.65. The van der Waals surface area contributed by atoms with Crippen molar-refractivity contribution in [1.82, 2.24) is 9.62 Å². The summed E-state index contributed by atoms with van der Waals surface area (Å²) in [5.74, 6) is -0.862. The van der Waals surface area contributed by atoms with E-state index in [0.717, 1.165) is 25.1 Å². The number of fused-ring (bicyclic) bond motifs is 1. The maximum atomic E-state index is 13.9. The van der Waals surface area contributed by atoms with Gasteiger partial charge in [-0.05, 0) is 46.0 Å². The molecule has 1 aliphatic rings. The largest absolute Gasteiger partial charge is 0.290 e. The van der Waals surface area contributed by atoms with Crippen molar-refractivity contribution < 1.29 is 12.8 Å². The topological polar surface area (TPSA) is 49.4 Å². The summed E-state index contributed by atoms with van der Waals surface area (Å²) in [6, 6.07) is 16.4. The Morgan fingerprint density at radius 1 is 1.07 bits per heavy atom. The van der Waals surface area contributed by atoms with Gasteiger partial charge in [-0.3, -0.25) is 4.90 Å². The second-order valence-electron chi connectivity index (χ2n) is 7.26. The fourth-order valence-electron chi connectivity index (χ4n) is 3.78. The molecular weight excluding hydrogens is 407 g/mol. The first-order valence-corrected chi connectivity index (χ1v) is 12.1. The molecule has 0 radical (unpaired) electrons. The monoisotopic (exact) mass is 430 g/mol. The molecule has 0 bridgehead atoms. The molecule has 0 saturated carbocycles. The Morgan fingerprint density at radius 2 is 1.83 bits per heavy atom. The van der Waals surface area contributed by atoms with E-state index in [1.807, 2.05) is 17.5 Å². The average molecular weight is 431 g/mol. The van der Waals surface area contributed by atoms with Gasteiger partial charge in [-0.1, -0.05) is 42.5 Å². The number of benzene rings is 2. The molecule has 0 spiro atoms. The Balaban J connectivity index is 1.49. The molecule has 7 heteroatoms. The van der Waals surface area contributed by atoms with Crippen molar-refractivity contribution in [3.8, 4) is 0 Å². The highest BCUT2D eigenvalue weighted by atomic mass is 32.2. The molecule has 1 aliphatic heterocycles. The van der Waals surface area contributed by atoms with Crippen LogP contribution in [0.5, 0.6) is 0 Å². The molecule has 0 unspecified atom stereocenters. The smallest absolute Gasteiger partial charge is 0.215 e. The second kappa shape index (κ2) is 8.75. The van der Waals surface area contributed by atoms with Gasteiger partial charge in [0.2, 0.25) is 10.0 Å². The standard InChI is InChI=1S/C22H23FN2O2S2/c23-21-8-4-3-7-20(21)16-29(26,27)24-13-22(19-10-12-28-15-19)25-11-9-17-5-1-2-6-18(17)14-25/h1-8,10,12,15,22,24H,9,11,13-14,16H2/t22-/m1/s1. The molecule has 152 valence electrons. The third-order valence-corrected chi connectivity index (χ3v) is 7.33. The lowest BCUT2D eigenvalue weighted by Gasteiger charge is -2.35. The summed E-state index contributed by atoms with van der Waals surface area (Å²) in [5.41, 5.74) is 3.92. The average Bonchev–Trinajstić information content (AvgIpc) is 3.24. The van der Waals surface area contributed by atoms with Crippen LogP contribution < -0.4 is 4.72 Å². The van der Waals surface area contributed by atoms with E-state index in [1.54, 1.807) is 23.5 Å². The molecule has 1 aromatic heterocycles. The van der Waals surface area contributed by atoms with Crippen molar-refractivity contribution in [2.75, 3.05) is 13.1 Å². The van der Waals surface area contributed by atoms with Gasteiger partial charge in [0.25, 0.3) is 0 Å². The molecule has 3 aromatic rings. The van der Waals surface area contributed by atoms with Gasteiger partial charge in [-0.2, -0.15) is 11.3 Å². The highest BCUT2D eigenvalue weighted by Gasteiger charge is 2.26. The fraction of sp³-hybridized carbons (Fsp3) is 0.273. The number of rotatable bonds is 7. The molecule has 0 fully saturated rings. The van der Waals surface area contributed by atoms with E-state index in [0.29, 0.717) is 0 Å². The van der Waals surface area contributed by atoms with Crippen molar-refractivity contribution >= 4 is 21.4 Å². The summed E-state index contributed by atoms with van der Waals surface area (Å²) in [5, 5.41) is 4.07. The number of halogens is 1. The van der Waals surface area contributed by atoms with E-state index in [-0.39, 0.29) is 23.9 Å². The van der Waals surface area contributed by atoms with E-state index in [4.69, 9.17) is 0 Å². The van der Waals surface area contributed by atoms with Crippen molar-refractivity contribution in [3.05, 3.63) is 93.4 Å². The van der Waals surface area contributed by atoms with E-state index in [1.165, 1.54) is 23.3 Å². The third kappa shape index (κ3) is 4.93. The molecule has 0 saturated heterocycles. The second-order valence-corrected chi connectivity index (χ2v) is 9.85. The summed E-state index contributed by atoms with van der Waals surface area (Å²) >= 11 is 1.60. The molecule has 0 amide bonds. The molecule has 1 N–H and O–H groups in total. The van der Waals surface area contributed by atoms with Crippen LogP contribution in [0.3, 0.4) is 0 Å². The number of nitrogens with zero attached hydrogens (tertiary/aromatic N) is 1. The summed E-state index contributed by atoms with van der Waals surface area (Å²) < 4.78 is 41.8. The van der Waals surface area contributed by atoms with Crippen molar-refractivity contribution in [2.45, 2.75) is 24.8 Å². The summed E-state index contributed by atoms with van der Waals surface area (Å²) in [6.07, 6.45) is 0.943. The van der Waals surface area contributed by atoms with Crippen LogP contribution >= 0.6 is 11.3 Å². The lowest BCUT2D eigenvalue weighted by molar-refractivity contribution is 0.180. The lowest BCUT2D eigenvalue weighted by Crippen LogP contribution is -2.40. The van der Waals surface area contributed by atoms with Crippen LogP contribution in [0.2, 0.25) is 0 Å². The first-order chi connectivity index (χ1) is 14.0. The quantitative estimate of drug-likeness (QED) is 0.614. The first kappa shape index (κ1) is 20.2. The van der Waals surface area contributed by atoms with Gasteiger partial charge in [-0.25, -0.2) is 17.5 Å². The van der Waals surface area contributed by atoms with Crippen LogP contribution in [0.25, 0.3) is 0 Å². The molecule has 29 heavy (non-hydrogen) atoms. The predicted octanol–water partition coefficient (Wildman–Crippen LogP) is 4.11. The van der Waals surface area contributed by atoms with Crippen molar-refractivity contribution in [3.63, 3.8) is 0 Å². The van der Waals surface area contributed by atoms with Gasteiger partial charge in [0.1, 0.15) is 5.82 Å². The SMILES string of the molecule is O=S(=O)(Cc1ccccc1F)NC[C@H](c1ccsc1)N1CCc2ccccc2C1. The van der Waals surface area contributed by atoms with Crippen LogP contribution in [-0.4, -0.2) is 26.4 Å². The summed E-state index contributed by atoms with van der Waals surface area (Å²) in [4.78, 5) is 2.32. The highest BCUT2D eigenvalue weighted by molar-refractivity contribution is 7.88. The van der Waals surface area contributed by atoms with E-state index in [9.17, 15) is 12.8 Å². The molecular formula is C22H23FN2O2S2. The zero-order valence-electron chi connectivity index (χ0n) is 15.9. The predicted molar refractivity (Wildman–Crippen MR) is 115 cm³/mol. The Labute approximate surface area is 175 Å². The molecule has 4 rings (SSSR count). The van der Waals surface area contributed by atoms with Crippen LogP contribution in [0.15, 0.2) is 65.4 Å². The minimum atomic E-state index is -3.66. The number of sulfonamides is 1.